The predicted octanol–water partition coefficient (Wildman–Crippen LogP) is 2.09. The molecule has 5 nitrogen and oxygen atoms in total. The molecule has 21 heavy (non-hydrogen) atoms. The fraction of sp³-hybridized carbons (Fsp3) is 0.600. The molecule has 2 rings (SSSR count). The van der Waals surface area contributed by atoms with Gasteiger partial charge in [0.05, 0.1) is 17.6 Å². The van der Waals surface area contributed by atoms with E-state index in [1.54, 1.807) is 23.2 Å². The average molecular weight is 312 g/mol. The van der Waals surface area contributed by atoms with Gasteiger partial charge in [0.2, 0.25) is 11.8 Å². The highest BCUT2D eigenvalue weighted by Gasteiger charge is 2.29. The number of carbonyl (C=O) groups excluding carboxylic acids is 1. The molecule has 0 aromatic carbocycles. The van der Waals surface area contributed by atoms with Crippen molar-refractivity contribution in [1.29, 1.82) is 0 Å². The summed E-state index contributed by atoms with van der Waals surface area (Å²) in [6.07, 6.45) is 3.33. The van der Waals surface area contributed by atoms with Gasteiger partial charge >= 0.3 is 0 Å². The Balaban J connectivity index is 1.94. The van der Waals surface area contributed by atoms with Crippen LogP contribution in [0.1, 0.15) is 26.7 Å². The third kappa shape index (κ3) is 4.32. The molecule has 0 saturated carbocycles. The summed E-state index contributed by atoms with van der Waals surface area (Å²) in [7, 11) is 0. The first-order valence-corrected chi connectivity index (χ1v) is 7.67. The van der Waals surface area contributed by atoms with Crippen LogP contribution in [0.3, 0.4) is 0 Å². The maximum atomic E-state index is 12.3. The highest BCUT2D eigenvalue weighted by atomic mass is 35.5. The smallest absolute Gasteiger partial charge is 0.239 e. The van der Waals surface area contributed by atoms with E-state index >= 15 is 0 Å². The lowest BCUT2D eigenvalue weighted by atomic mass is 10.0. The monoisotopic (exact) mass is 311 g/mol. The van der Waals surface area contributed by atoms with E-state index in [0.717, 1.165) is 19.4 Å². The second-order valence-corrected chi connectivity index (χ2v) is 6.19. The second kappa shape index (κ2) is 7.09. The molecule has 0 aliphatic carbocycles. The SMILES string of the molecule is CC(C)[C@H](N)C(=O)N1CCC[C@@H](Oc2ccc(Cl)cn2)C1. The van der Waals surface area contributed by atoms with E-state index in [0.29, 0.717) is 17.4 Å². The Morgan fingerprint density at radius 3 is 2.90 bits per heavy atom. The Morgan fingerprint density at radius 2 is 2.29 bits per heavy atom. The van der Waals surface area contributed by atoms with Crippen LogP contribution in [0.2, 0.25) is 5.02 Å². The summed E-state index contributed by atoms with van der Waals surface area (Å²) in [5, 5.41) is 0.575. The van der Waals surface area contributed by atoms with Crippen molar-refractivity contribution in [3.05, 3.63) is 23.4 Å². The molecule has 116 valence electrons. The second-order valence-electron chi connectivity index (χ2n) is 5.75. The summed E-state index contributed by atoms with van der Waals surface area (Å²) in [4.78, 5) is 18.2. The van der Waals surface area contributed by atoms with E-state index in [1.807, 2.05) is 13.8 Å². The Hall–Kier alpha value is -1.33. The zero-order valence-corrected chi connectivity index (χ0v) is 13.2. The maximum Gasteiger partial charge on any atom is 0.239 e. The standard InChI is InChI=1S/C15H22ClN3O2/c1-10(2)14(17)15(20)19-7-3-4-12(9-19)21-13-6-5-11(16)8-18-13/h5-6,8,10,12,14H,3-4,7,9,17H2,1-2H3/t12-,14+/m1/s1. The van der Waals surface area contributed by atoms with Crippen molar-refractivity contribution in [2.45, 2.75) is 38.8 Å². The van der Waals surface area contributed by atoms with Crippen LogP contribution in [-0.4, -0.2) is 41.0 Å². The fourth-order valence-electron chi connectivity index (χ4n) is 2.33. The summed E-state index contributed by atoms with van der Waals surface area (Å²) in [5.74, 6) is 0.672. The van der Waals surface area contributed by atoms with Crippen LogP contribution in [0.4, 0.5) is 0 Å². The molecule has 6 heteroatoms. The van der Waals surface area contributed by atoms with Gasteiger partial charge in [0.15, 0.2) is 0 Å². The molecule has 2 N–H and O–H groups in total. The lowest BCUT2D eigenvalue weighted by molar-refractivity contribution is -0.136. The lowest BCUT2D eigenvalue weighted by Crippen LogP contribution is -2.52. The number of likely N-dealkylation sites (tertiary alicyclic amines) is 1. The molecule has 1 aliphatic rings. The number of pyridine rings is 1. The van der Waals surface area contributed by atoms with Gasteiger partial charge in [0.25, 0.3) is 0 Å². The van der Waals surface area contributed by atoms with Crippen LogP contribution >= 0.6 is 11.6 Å². The molecule has 1 saturated heterocycles. The van der Waals surface area contributed by atoms with Gasteiger partial charge in [0, 0.05) is 18.8 Å². The normalized spacial score (nSPS) is 20.4. The van der Waals surface area contributed by atoms with Crippen LogP contribution in [0.5, 0.6) is 5.88 Å². The van der Waals surface area contributed by atoms with E-state index in [4.69, 9.17) is 22.1 Å². The minimum absolute atomic E-state index is 0.00219. The number of nitrogens with zero attached hydrogens (tertiary/aromatic N) is 2. The van der Waals surface area contributed by atoms with Crippen molar-refractivity contribution >= 4 is 17.5 Å². The molecule has 2 heterocycles. The lowest BCUT2D eigenvalue weighted by Gasteiger charge is -2.34. The van der Waals surface area contributed by atoms with Gasteiger partial charge in [-0.25, -0.2) is 4.98 Å². The number of nitrogens with two attached hydrogens (primary N) is 1. The van der Waals surface area contributed by atoms with Gasteiger partial charge in [0.1, 0.15) is 6.10 Å². The Bertz CT molecular complexity index is 478. The highest BCUT2D eigenvalue weighted by Crippen LogP contribution is 2.19. The number of hydrogen-bond acceptors (Lipinski definition) is 4. The summed E-state index contributed by atoms with van der Waals surface area (Å²) >= 11 is 5.80. The van der Waals surface area contributed by atoms with Gasteiger partial charge in [-0.05, 0) is 24.8 Å². The van der Waals surface area contributed by atoms with Crippen LogP contribution < -0.4 is 10.5 Å². The summed E-state index contributed by atoms with van der Waals surface area (Å²) < 4.78 is 5.83. The number of carbonyl (C=O) groups is 1. The molecule has 0 radical (unpaired) electrons. The summed E-state index contributed by atoms with van der Waals surface area (Å²) in [5.41, 5.74) is 5.95. The third-order valence-corrected chi connectivity index (χ3v) is 3.90. The number of halogens is 1. The van der Waals surface area contributed by atoms with Crippen LogP contribution in [0.15, 0.2) is 18.3 Å². The number of ether oxygens (including phenoxy) is 1. The first kappa shape index (κ1) is 16.0. The highest BCUT2D eigenvalue weighted by molar-refractivity contribution is 6.30. The fourth-order valence-corrected chi connectivity index (χ4v) is 2.45. The zero-order chi connectivity index (χ0) is 15.4. The quantitative estimate of drug-likeness (QED) is 0.924. The molecule has 2 atom stereocenters. The van der Waals surface area contributed by atoms with Crippen molar-refractivity contribution < 1.29 is 9.53 Å². The summed E-state index contributed by atoms with van der Waals surface area (Å²) in [6, 6.07) is 3.03. The van der Waals surface area contributed by atoms with Gasteiger partial charge in [-0.1, -0.05) is 25.4 Å². The zero-order valence-electron chi connectivity index (χ0n) is 12.5. The Morgan fingerprint density at radius 1 is 1.52 bits per heavy atom. The van der Waals surface area contributed by atoms with E-state index in [-0.39, 0.29) is 17.9 Å². The minimum Gasteiger partial charge on any atom is -0.472 e. The molecule has 1 aliphatic heterocycles. The molecule has 0 bridgehead atoms. The number of piperidine rings is 1. The van der Waals surface area contributed by atoms with Crippen molar-refractivity contribution in [2.24, 2.45) is 11.7 Å². The Kier molecular flexibility index (Phi) is 5.42. The number of rotatable bonds is 4. The predicted molar refractivity (Wildman–Crippen MR) is 82.3 cm³/mol. The van der Waals surface area contributed by atoms with Gasteiger partial charge in [-0.2, -0.15) is 0 Å². The van der Waals surface area contributed by atoms with E-state index in [1.165, 1.54) is 0 Å². The first-order chi connectivity index (χ1) is 9.97. The number of hydrogen-bond donors (Lipinski definition) is 1. The number of aromatic nitrogens is 1. The van der Waals surface area contributed by atoms with Crippen molar-refractivity contribution in [2.75, 3.05) is 13.1 Å². The minimum atomic E-state index is -0.447. The van der Waals surface area contributed by atoms with Crippen molar-refractivity contribution in [1.82, 2.24) is 9.88 Å². The maximum absolute atomic E-state index is 12.3. The van der Waals surface area contributed by atoms with E-state index in [9.17, 15) is 4.79 Å². The van der Waals surface area contributed by atoms with Crippen molar-refractivity contribution in [3.63, 3.8) is 0 Å². The first-order valence-electron chi connectivity index (χ1n) is 7.30. The summed E-state index contributed by atoms with van der Waals surface area (Å²) in [6.45, 7) is 5.22. The molecule has 1 aromatic heterocycles. The van der Waals surface area contributed by atoms with Crippen LogP contribution in [-0.2, 0) is 4.79 Å². The van der Waals surface area contributed by atoms with Gasteiger partial charge < -0.3 is 15.4 Å². The molecular formula is C15H22ClN3O2. The molecule has 0 unspecified atom stereocenters. The van der Waals surface area contributed by atoms with Gasteiger partial charge in [-0.15, -0.1) is 0 Å². The van der Waals surface area contributed by atoms with Crippen LogP contribution in [0.25, 0.3) is 0 Å². The molecule has 1 aromatic rings. The van der Waals surface area contributed by atoms with E-state index in [2.05, 4.69) is 4.98 Å². The topological polar surface area (TPSA) is 68.5 Å². The largest absolute Gasteiger partial charge is 0.472 e. The third-order valence-electron chi connectivity index (χ3n) is 3.68. The van der Waals surface area contributed by atoms with Crippen LogP contribution in [0, 0.1) is 5.92 Å². The number of amides is 1. The molecule has 1 amide bonds. The van der Waals surface area contributed by atoms with E-state index < -0.39 is 6.04 Å². The molecule has 1 fully saturated rings. The Labute approximate surface area is 130 Å². The van der Waals surface area contributed by atoms with Gasteiger partial charge in [-0.3, -0.25) is 4.79 Å². The van der Waals surface area contributed by atoms with Crippen molar-refractivity contribution in [3.8, 4) is 5.88 Å². The average Bonchev–Trinajstić information content (AvgIpc) is 2.48. The molecule has 0 spiro atoms. The molecular weight excluding hydrogens is 290 g/mol.